The Bertz CT molecular complexity index is 1130. The highest BCUT2D eigenvalue weighted by atomic mass is 16.5. The molecule has 0 aliphatic carbocycles. The number of carbonyl (C=O) groups is 1. The summed E-state index contributed by atoms with van der Waals surface area (Å²) < 4.78 is 11.3. The molecule has 3 aliphatic rings. The molecule has 138 valence electrons. The molecular weight excluding hydrogens is 344 g/mol. The van der Waals surface area contributed by atoms with Crippen molar-refractivity contribution < 1.29 is 19.1 Å². The number of methoxy groups -OCH3 is 1. The zero-order chi connectivity index (χ0) is 18.7. The Hall–Kier alpha value is -3.02. The Labute approximate surface area is 156 Å². The molecule has 5 rings (SSSR count). The predicted octanol–water partition coefficient (Wildman–Crippen LogP) is 2.17. The second-order valence-corrected chi connectivity index (χ2v) is 7.12. The first-order chi connectivity index (χ1) is 13.2. The highest BCUT2D eigenvalue weighted by Gasteiger charge is 2.40. The number of aldehydes is 1. The van der Waals surface area contributed by atoms with Gasteiger partial charge in [0.15, 0.2) is 12.0 Å². The normalized spacial score (nSPS) is 19.9. The van der Waals surface area contributed by atoms with Gasteiger partial charge < -0.3 is 19.2 Å². The van der Waals surface area contributed by atoms with Crippen LogP contribution in [0.5, 0.6) is 11.7 Å². The summed E-state index contributed by atoms with van der Waals surface area (Å²) >= 11 is 0. The second-order valence-electron chi connectivity index (χ2n) is 7.12. The minimum absolute atomic E-state index is 0.147. The van der Waals surface area contributed by atoms with Crippen molar-refractivity contribution >= 4 is 17.6 Å². The molecule has 6 nitrogen and oxygen atoms in total. The first-order valence-electron chi connectivity index (χ1n) is 9.23. The first kappa shape index (κ1) is 16.2. The van der Waals surface area contributed by atoms with E-state index < -0.39 is 0 Å². The van der Waals surface area contributed by atoms with E-state index in [1.165, 1.54) is 0 Å². The Morgan fingerprint density at radius 2 is 2.30 bits per heavy atom. The van der Waals surface area contributed by atoms with Gasteiger partial charge in [0.2, 0.25) is 0 Å². The monoisotopic (exact) mass is 364 g/mol. The quantitative estimate of drug-likeness (QED) is 0.845. The number of nitrogens with zero attached hydrogens (tertiary/aromatic N) is 2. The molecule has 27 heavy (non-hydrogen) atoms. The van der Waals surface area contributed by atoms with Crippen molar-refractivity contribution in [1.82, 2.24) is 4.90 Å². The van der Waals surface area contributed by atoms with Gasteiger partial charge in [0.1, 0.15) is 17.0 Å². The average molecular weight is 364 g/mol. The fourth-order valence-electron chi connectivity index (χ4n) is 4.60. The van der Waals surface area contributed by atoms with Crippen LogP contribution in [0.3, 0.4) is 0 Å². The lowest BCUT2D eigenvalue weighted by atomic mass is 9.85. The summed E-state index contributed by atoms with van der Waals surface area (Å²) in [5.41, 5.74) is 3.95. The highest BCUT2D eigenvalue weighted by molar-refractivity contribution is 5.89. The minimum Gasteiger partial charge on any atom is -0.496 e. The molecule has 0 fully saturated rings. The predicted molar refractivity (Wildman–Crippen MR) is 99.1 cm³/mol. The number of carbonyl (C=O) groups excluding carboxylic acids is 1. The van der Waals surface area contributed by atoms with E-state index in [0.717, 1.165) is 64.8 Å². The van der Waals surface area contributed by atoms with Crippen molar-refractivity contribution in [3.8, 4) is 11.7 Å². The van der Waals surface area contributed by atoms with Gasteiger partial charge in [-0.2, -0.15) is 0 Å². The number of aromatic hydroxyl groups is 1. The van der Waals surface area contributed by atoms with E-state index in [4.69, 9.17) is 14.1 Å². The number of hydrogen-bond donors (Lipinski definition) is 1. The molecule has 1 atom stereocenters. The smallest absolute Gasteiger partial charge is 0.293 e. The van der Waals surface area contributed by atoms with Gasteiger partial charge in [-0.3, -0.25) is 4.79 Å². The highest BCUT2D eigenvalue weighted by Crippen LogP contribution is 2.48. The maximum atomic E-state index is 11.6. The summed E-state index contributed by atoms with van der Waals surface area (Å²) in [7, 11) is 1.67. The van der Waals surface area contributed by atoms with Crippen LogP contribution in [-0.4, -0.2) is 36.5 Å². The second kappa shape index (κ2) is 5.74. The maximum Gasteiger partial charge on any atom is 0.293 e. The molecule has 0 saturated heterocycles. The van der Waals surface area contributed by atoms with Crippen molar-refractivity contribution in [3.05, 3.63) is 51.4 Å². The van der Waals surface area contributed by atoms with Gasteiger partial charge in [0.05, 0.1) is 18.2 Å². The van der Waals surface area contributed by atoms with Gasteiger partial charge in [-0.25, -0.2) is 4.99 Å². The largest absolute Gasteiger partial charge is 0.496 e. The lowest BCUT2D eigenvalue weighted by molar-refractivity contribution is 0.111. The molecule has 1 aromatic heterocycles. The first-order valence-corrected chi connectivity index (χ1v) is 9.23. The van der Waals surface area contributed by atoms with Crippen LogP contribution in [0, 0.1) is 0 Å². The Morgan fingerprint density at radius 3 is 3.04 bits per heavy atom. The van der Waals surface area contributed by atoms with Crippen molar-refractivity contribution in [2.45, 2.75) is 25.7 Å². The molecule has 3 aliphatic heterocycles. The van der Waals surface area contributed by atoms with Crippen LogP contribution in [0.2, 0.25) is 0 Å². The lowest BCUT2D eigenvalue weighted by Crippen LogP contribution is -2.36. The fraction of sp³-hybridized carbons (Fsp3) is 0.333. The van der Waals surface area contributed by atoms with E-state index in [-0.39, 0.29) is 17.4 Å². The molecule has 6 heteroatoms. The third kappa shape index (κ3) is 2.07. The van der Waals surface area contributed by atoms with Gasteiger partial charge in [-0.1, -0.05) is 13.0 Å². The van der Waals surface area contributed by atoms with Gasteiger partial charge in [0.25, 0.3) is 5.95 Å². The Balaban J connectivity index is 1.85. The SMILES string of the molecule is CC[C@@H]1CN2CCC3=c4c(OC)cccc4=NC3=C2c2oc(O)c(C=O)c21. The molecule has 0 unspecified atom stereocenters. The zero-order valence-electron chi connectivity index (χ0n) is 15.3. The maximum absolute atomic E-state index is 11.6. The summed E-state index contributed by atoms with van der Waals surface area (Å²) in [6.45, 7) is 3.72. The number of allylic oxidation sites excluding steroid dienone is 1. The van der Waals surface area contributed by atoms with Gasteiger partial charge >= 0.3 is 0 Å². The van der Waals surface area contributed by atoms with Crippen LogP contribution in [0.15, 0.2) is 33.3 Å². The molecular formula is C21H20N2O4. The summed E-state index contributed by atoms with van der Waals surface area (Å²) in [4.78, 5) is 18.7. The van der Waals surface area contributed by atoms with Gasteiger partial charge in [-0.05, 0) is 30.5 Å². The molecule has 0 bridgehead atoms. The van der Waals surface area contributed by atoms with Gasteiger partial charge in [0, 0.05) is 29.8 Å². The molecule has 1 aromatic carbocycles. The van der Waals surface area contributed by atoms with Crippen LogP contribution >= 0.6 is 0 Å². The van der Waals surface area contributed by atoms with Crippen molar-refractivity contribution in [2.75, 3.05) is 20.2 Å². The van der Waals surface area contributed by atoms with Crippen LogP contribution in [0.4, 0.5) is 0 Å². The molecule has 0 amide bonds. The van der Waals surface area contributed by atoms with E-state index >= 15 is 0 Å². The van der Waals surface area contributed by atoms with E-state index in [1.807, 2.05) is 18.2 Å². The van der Waals surface area contributed by atoms with Crippen LogP contribution in [-0.2, 0) is 0 Å². The lowest BCUT2D eigenvalue weighted by Gasteiger charge is -2.38. The molecule has 2 aromatic rings. The van der Waals surface area contributed by atoms with Crippen molar-refractivity contribution in [3.63, 3.8) is 0 Å². The third-order valence-corrected chi connectivity index (χ3v) is 5.85. The standard InChI is InChI=1S/C21H20N2O4/c1-3-11-9-23-8-7-12-17-14(5-4-6-15(17)26-2)22-18(12)19(23)20-16(11)13(10-24)21(25)27-20/h4-6,10-11,25H,3,7-9H2,1-2H3/t11-/m1/s1. The number of fused-ring (bicyclic) bond motifs is 5. The third-order valence-electron chi connectivity index (χ3n) is 5.85. The fourth-order valence-corrected chi connectivity index (χ4v) is 4.60. The number of benzene rings is 1. The number of hydrogen-bond acceptors (Lipinski definition) is 6. The van der Waals surface area contributed by atoms with E-state index in [0.29, 0.717) is 12.0 Å². The number of furan rings is 1. The van der Waals surface area contributed by atoms with Crippen LogP contribution in [0.25, 0.3) is 11.3 Å². The molecule has 0 spiro atoms. The average Bonchev–Trinajstić information content (AvgIpc) is 3.23. The molecule has 4 heterocycles. The van der Waals surface area contributed by atoms with Gasteiger partial charge in [-0.15, -0.1) is 0 Å². The zero-order valence-corrected chi connectivity index (χ0v) is 15.3. The van der Waals surface area contributed by atoms with Crippen molar-refractivity contribution in [1.29, 1.82) is 0 Å². The van der Waals surface area contributed by atoms with Crippen molar-refractivity contribution in [2.24, 2.45) is 4.99 Å². The summed E-state index contributed by atoms with van der Waals surface area (Å²) in [6, 6.07) is 5.87. The topological polar surface area (TPSA) is 75.3 Å². The van der Waals surface area contributed by atoms with E-state index in [9.17, 15) is 9.90 Å². The summed E-state index contributed by atoms with van der Waals surface area (Å²) in [5.74, 6) is 1.24. The van der Waals surface area contributed by atoms with Crippen LogP contribution < -0.4 is 15.3 Å². The summed E-state index contributed by atoms with van der Waals surface area (Å²) in [6.07, 6.45) is 2.43. The molecule has 0 radical (unpaired) electrons. The van der Waals surface area contributed by atoms with Crippen LogP contribution in [0.1, 0.15) is 47.4 Å². The number of ether oxygens (including phenoxy) is 1. The van der Waals surface area contributed by atoms with E-state index in [2.05, 4.69) is 11.8 Å². The Morgan fingerprint density at radius 1 is 1.44 bits per heavy atom. The minimum atomic E-state index is -0.302. The molecule has 0 saturated carbocycles. The Kier molecular flexibility index (Phi) is 3.44. The number of rotatable bonds is 3. The molecule has 1 N–H and O–H groups in total. The van der Waals surface area contributed by atoms with E-state index in [1.54, 1.807) is 7.11 Å². The summed E-state index contributed by atoms with van der Waals surface area (Å²) in [5, 5.41) is 12.1.